The summed E-state index contributed by atoms with van der Waals surface area (Å²) in [5.74, 6) is 0.660. The fourth-order valence-electron chi connectivity index (χ4n) is 6.34. The lowest BCUT2D eigenvalue weighted by Crippen LogP contribution is -2.47. The molecule has 1 fully saturated rings. The van der Waals surface area contributed by atoms with Crippen LogP contribution in [0.4, 0.5) is 26.3 Å². The first kappa shape index (κ1) is 29.5. The lowest BCUT2D eigenvalue weighted by molar-refractivity contribution is -0.143. The zero-order valence-electron chi connectivity index (χ0n) is 22.9. The summed E-state index contributed by atoms with van der Waals surface area (Å²) in [5.41, 5.74) is 1.13. The lowest BCUT2D eigenvalue weighted by Gasteiger charge is -2.43. The number of alkyl halides is 6. The van der Waals surface area contributed by atoms with Gasteiger partial charge in [-0.3, -0.25) is 9.80 Å². The van der Waals surface area contributed by atoms with E-state index in [0.717, 1.165) is 63.1 Å². The maximum Gasteiger partial charge on any atom is 0.416 e. The van der Waals surface area contributed by atoms with Gasteiger partial charge < -0.3 is 4.74 Å². The standard InChI is InChI=1S/C32H34F6N2O/c1-41-30-9-5-4-8-28(30)29(11-10-22-18-25(31(33,34)35)20-26(19-22)32(36,37)38)39-16-13-27(14-17-39)40-15-12-23-6-2-3-7-24(23)21-40/h2-9,18-20,27,29H,10-17,21H2,1H3. The first-order valence-electron chi connectivity index (χ1n) is 14.0. The molecule has 3 aromatic rings. The molecule has 2 heterocycles. The number of fused-ring (bicyclic) bond motifs is 1. The third kappa shape index (κ3) is 6.89. The van der Waals surface area contributed by atoms with Crippen LogP contribution in [0.25, 0.3) is 0 Å². The Labute approximate surface area is 236 Å². The fourth-order valence-corrected chi connectivity index (χ4v) is 6.34. The number of hydrogen-bond donors (Lipinski definition) is 0. The molecule has 41 heavy (non-hydrogen) atoms. The third-order valence-electron chi connectivity index (χ3n) is 8.47. The van der Waals surface area contributed by atoms with Crippen LogP contribution in [0.15, 0.2) is 66.7 Å². The molecule has 2 aliphatic heterocycles. The molecule has 2 aliphatic rings. The highest BCUT2D eigenvalue weighted by Crippen LogP contribution is 2.39. The Morgan fingerprint density at radius 1 is 0.805 bits per heavy atom. The molecular weight excluding hydrogens is 542 g/mol. The topological polar surface area (TPSA) is 15.7 Å². The number of methoxy groups -OCH3 is 1. The van der Waals surface area contributed by atoms with Crippen molar-refractivity contribution in [2.24, 2.45) is 0 Å². The first-order chi connectivity index (χ1) is 19.5. The number of ether oxygens (including phenoxy) is 1. The summed E-state index contributed by atoms with van der Waals surface area (Å²) in [4.78, 5) is 4.85. The third-order valence-corrected chi connectivity index (χ3v) is 8.47. The van der Waals surface area contributed by atoms with E-state index in [-0.39, 0.29) is 24.1 Å². The molecule has 0 aromatic heterocycles. The average Bonchev–Trinajstić information content (AvgIpc) is 2.96. The molecular formula is C32H34F6N2O. The van der Waals surface area contributed by atoms with E-state index in [9.17, 15) is 26.3 Å². The monoisotopic (exact) mass is 576 g/mol. The summed E-state index contributed by atoms with van der Waals surface area (Å²) in [5, 5.41) is 0. The summed E-state index contributed by atoms with van der Waals surface area (Å²) >= 11 is 0. The van der Waals surface area contributed by atoms with Crippen molar-refractivity contribution < 1.29 is 31.1 Å². The van der Waals surface area contributed by atoms with Crippen LogP contribution in [0, 0.1) is 0 Å². The van der Waals surface area contributed by atoms with E-state index in [4.69, 9.17) is 4.74 Å². The Bertz CT molecular complexity index is 1300. The number of likely N-dealkylation sites (tertiary alicyclic amines) is 1. The van der Waals surface area contributed by atoms with Crippen molar-refractivity contribution in [2.45, 2.75) is 63.1 Å². The number of aryl methyl sites for hydroxylation is 1. The highest BCUT2D eigenvalue weighted by Gasteiger charge is 2.37. The Morgan fingerprint density at radius 2 is 1.41 bits per heavy atom. The molecule has 3 aromatic carbocycles. The van der Waals surface area contributed by atoms with Gasteiger partial charge in [-0.05, 0) is 73.1 Å². The second kappa shape index (κ2) is 12.1. The van der Waals surface area contributed by atoms with Gasteiger partial charge in [0.15, 0.2) is 0 Å². The van der Waals surface area contributed by atoms with Gasteiger partial charge in [0, 0.05) is 43.8 Å². The Kier molecular flexibility index (Phi) is 8.66. The van der Waals surface area contributed by atoms with E-state index in [1.165, 1.54) is 11.1 Å². The number of piperidine rings is 1. The Balaban J connectivity index is 1.34. The van der Waals surface area contributed by atoms with Crippen molar-refractivity contribution >= 4 is 0 Å². The van der Waals surface area contributed by atoms with Crippen molar-refractivity contribution in [1.29, 1.82) is 0 Å². The molecule has 1 saturated heterocycles. The van der Waals surface area contributed by atoms with E-state index in [1.54, 1.807) is 7.11 Å². The molecule has 3 nitrogen and oxygen atoms in total. The van der Waals surface area contributed by atoms with Crippen molar-refractivity contribution in [3.8, 4) is 5.75 Å². The van der Waals surface area contributed by atoms with Crippen LogP contribution in [0.2, 0.25) is 0 Å². The van der Waals surface area contributed by atoms with Gasteiger partial charge >= 0.3 is 12.4 Å². The van der Waals surface area contributed by atoms with Gasteiger partial charge in [-0.15, -0.1) is 0 Å². The number of benzene rings is 3. The van der Waals surface area contributed by atoms with Gasteiger partial charge in [-0.25, -0.2) is 0 Å². The predicted octanol–water partition coefficient (Wildman–Crippen LogP) is 7.93. The minimum Gasteiger partial charge on any atom is -0.496 e. The zero-order chi connectivity index (χ0) is 29.2. The molecule has 1 atom stereocenters. The second-order valence-corrected chi connectivity index (χ2v) is 11.0. The molecule has 0 aliphatic carbocycles. The van der Waals surface area contributed by atoms with Gasteiger partial charge in [0.05, 0.1) is 18.2 Å². The van der Waals surface area contributed by atoms with Gasteiger partial charge in [-0.1, -0.05) is 42.5 Å². The largest absolute Gasteiger partial charge is 0.496 e. The summed E-state index contributed by atoms with van der Waals surface area (Å²) in [7, 11) is 1.57. The van der Waals surface area contributed by atoms with E-state index >= 15 is 0 Å². The molecule has 0 spiro atoms. The lowest BCUT2D eigenvalue weighted by atomic mass is 9.91. The molecule has 220 valence electrons. The predicted molar refractivity (Wildman–Crippen MR) is 146 cm³/mol. The highest BCUT2D eigenvalue weighted by atomic mass is 19.4. The number of rotatable bonds is 7. The molecule has 0 N–H and O–H groups in total. The summed E-state index contributed by atoms with van der Waals surface area (Å²) < 4.78 is 86.4. The van der Waals surface area contributed by atoms with Crippen molar-refractivity contribution in [3.05, 3.63) is 100 Å². The molecule has 9 heteroatoms. The van der Waals surface area contributed by atoms with Gasteiger partial charge in [0.25, 0.3) is 0 Å². The minimum absolute atomic E-state index is 0.0221. The van der Waals surface area contributed by atoms with Gasteiger partial charge in [-0.2, -0.15) is 26.3 Å². The van der Waals surface area contributed by atoms with Crippen molar-refractivity contribution in [3.63, 3.8) is 0 Å². The van der Waals surface area contributed by atoms with Crippen LogP contribution < -0.4 is 4.74 Å². The molecule has 0 bridgehead atoms. The number of para-hydroxylation sites is 1. The average molecular weight is 577 g/mol. The van der Waals surface area contributed by atoms with Crippen LogP contribution in [0.3, 0.4) is 0 Å². The molecule has 0 radical (unpaired) electrons. The normalized spacial score (nSPS) is 18.2. The maximum absolute atomic E-state index is 13.5. The smallest absolute Gasteiger partial charge is 0.416 e. The van der Waals surface area contributed by atoms with Crippen LogP contribution in [0.5, 0.6) is 5.75 Å². The molecule has 1 unspecified atom stereocenters. The zero-order valence-corrected chi connectivity index (χ0v) is 22.9. The number of hydrogen-bond acceptors (Lipinski definition) is 3. The van der Waals surface area contributed by atoms with Crippen LogP contribution in [0.1, 0.15) is 58.7 Å². The summed E-state index contributed by atoms with van der Waals surface area (Å²) in [6.45, 7) is 3.49. The SMILES string of the molecule is COc1ccccc1C(CCc1cc(C(F)(F)F)cc(C(F)(F)F)c1)N1CCC(N2CCc3ccccc3C2)CC1. The number of halogens is 6. The molecule has 0 amide bonds. The molecule has 0 saturated carbocycles. The van der Waals surface area contributed by atoms with Crippen LogP contribution in [-0.2, 0) is 31.7 Å². The van der Waals surface area contributed by atoms with Gasteiger partial charge in [0.2, 0.25) is 0 Å². The number of nitrogens with zero attached hydrogens (tertiary/aromatic N) is 2. The first-order valence-corrected chi connectivity index (χ1v) is 14.0. The fraction of sp³-hybridized carbons (Fsp3) is 0.438. The van der Waals surface area contributed by atoms with Gasteiger partial charge in [0.1, 0.15) is 5.75 Å². The Hall–Kier alpha value is -3.04. The summed E-state index contributed by atoms with van der Waals surface area (Å²) in [6.07, 6.45) is -6.40. The van der Waals surface area contributed by atoms with Crippen LogP contribution in [-0.4, -0.2) is 42.6 Å². The van der Waals surface area contributed by atoms with Crippen molar-refractivity contribution in [1.82, 2.24) is 9.80 Å². The van der Waals surface area contributed by atoms with Crippen LogP contribution >= 0.6 is 0 Å². The second-order valence-electron chi connectivity index (χ2n) is 11.0. The molecule has 5 rings (SSSR count). The summed E-state index contributed by atoms with van der Waals surface area (Å²) in [6, 6.07) is 18.1. The quantitative estimate of drug-likeness (QED) is 0.266. The van der Waals surface area contributed by atoms with E-state index in [1.807, 2.05) is 24.3 Å². The maximum atomic E-state index is 13.5. The minimum atomic E-state index is -4.87. The Morgan fingerprint density at radius 3 is 2.05 bits per heavy atom. The van der Waals surface area contributed by atoms with Crippen molar-refractivity contribution in [2.75, 3.05) is 26.7 Å². The van der Waals surface area contributed by atoms with E-state index < -0.39 is 23.5 Å². The van der Waals surface area contributed by atoms with E-state index in [2.05, 4.69) is 34.1 Å². The highest BCUT2D eigenvalue weighted by molar-refractivity contribution is 5.37. The van der Waals surface area contributed by atoms with E-state index in [0.29, 0.717) is 18.2 Å².